The average molecular weight is 263 g/mol. The van der Waals surface area contributed by atoms with Crippen LogP contribution < -0.4 is 5.73 Å². The smallest absolute Gasteiger partial charge is 0.257 e. The van der Waals surface area contributed by atoms with E-state index in [1.807, 2.05) is 18.7 Å². The highest BCUT2D eigenvalue weighted by atomic mass is 16.5. The predicted molar refractivity (Wildman–Crippen MR) is 73.9 cm³/mol. The number of hydrogen-bond donors (Lipinski definition) is 1. The van der Waals surface area contributed by atoms with Crippen molar-refractivity contribution in [2.75, 3.05) is 25.4 Å². The number of nitrogens with two attached hydrogens (primary N) is 1. The lowest BCUT2D eigenvalue weighted by molar-refractivity contribution is 0.00726. The van der Waals surface area contributed by atoms with E-state index in [-0.39, 0.29) is 12.0 Å². The molecule has 0 saturated carbocycles. The molecule has 1 amide bonds. The average Bonchev–Trinajstić information content (AvgIpc) is 2.39. The van der Waals surface area contributed by atoms with E-state index in [1.165, 1.54) is 0 Å². The van der Waals surface area contributed by atoms with Crippen LogP contribution in [0.1, 0.15) is 35.8 Å². The van der Waals surface area contributed by atoms with Gasteiger partial charge in [-0.1, -0.05) is 0 Å². The van der Waals surface area contributed by atoms with Crippen molar-refractivity contribution in [2.24, 2.45) is 0 Å². The number of carbonyl (C=O) groups excluding carboxylic acids is 1. The summed E-state index contributed by atoms with van der Waals surface area (Å²) in [6, 6.07) is 1.73. The van der Waals surface area contributed by atoms with Crippen molar-refractivity contribution in [3.8, 4) is 0 Å². The number of pyridine rings is 1. The van der Waals surface area contributed by atoms with Crippen LogP contribution in [0.2, 0.25) is 0 Å². The number of rotatable bonds is 3. The monoisotopic (exact) mass is 263 g/mol. The molecule has 5 heteroatoms. The Kier molecular flexibility index (Phi) is 4.37. The van der Waals surface area contributed by atoms with Crippen LogP contribution in [-0.4, -0.2) is 41.6 Å². The minimum Gasteiger partial charge on any atom is -0.398 e. The summed E-state index contributed by atoms with van der Waals surface area (Å²) in [6.07, 6.45) is 3.69. The number of aromatic nitrogens is 1. The zero-order valence-corrected chi connectivity index (χ0v) is 11.6. The molecule has 0 aromatic carbocycles. The Morgan fingerprint density at radius 2 is 2.42 bits per heavy atom. The van der Waals surface area contributed by atoms with Crippen LogP contribution in [0.3, 0.4) is 0 Å². The third kappa shape index (κ3) is 3.23. The first-order valence-corrected chi connectivity index (χ1v) is 6.74. The zero-order valence-electron chi connectivity index (χ0n) is 11.6. The van der Waals surface area contributed by atoms with E-state index in [0.29, 0.717) is 24.4 Å². The number of piperidine rings is 1. The fourth-order valence-electron chi connectivity index (χ4n) is 2.42. The lowest BCUT2D eigenvalue weighted by Gasteiger charge is -2.32. The standard InChI is InChI=1S/C14H21N3O2/c1-3-19-11-5-4-6-17(9-11)14(18)12-8-16-10(2)7-13(12)15/h7-8,11H,3-6,9H2,1-2H3,(H2,15,16). The Bertz CT molecular complexity index is 460. The van der Waals surface area contributed by atoms with Crippen LogP contribution in [0, 0.1) is 6.92 Å². The second-order valence-electron chi connectivity index (χ2n) is 4.88. The molecular formula is C14H21N3O2. The van der Waals surface area contributed by atoms with Crippen LogP contribution in [0.4, 0.5) is 5.69 Å². The van der Waals surface area contributed by atoms with Crippen LogP contribution in [-0.2, 0) is 4.74 Å². The number of ether oxygens (including phenoxy) is 1. The van der Waals surface area contributed by atoms with Gasteiger partial charge in [0.15, 0.2) is 0 Å². The maximum absolute atomic E-state index is 12.4. The Hall–Kier alpha value is -1.62. The van der Waals surface area contributed by atoms with E-state index in [9.17, 15) is 4.79 Å². The van der Waals surface area contributed by atoms with Gasteiger partial charge >= 0.3 is 0 Å². The van der Waals surface area contributed by atoms with E-state index in [0.717, 1.165) is 25.1 Å². The Labute approximate surface area is 113 Å². The molecule has 1 saturated heterocycles. The van der Waals surface area contributed by atoms with Crippen molar-refractivity contribution in [2.45, 2.75) is 32.8 Å². The number of nitrogen functional groups attached to an aromatic ring is 1. The highest BCUT2D eigenvalue weighted by molar-refractivity contribution is 5.98. The van der Waals surface area contributed by atoms with Gasteiger partial charge in [0.05, 0.1) is 11.7 Å². The third-order valence-electron chi connectivity index (χ3n) is 3.37. The summed E-state index contributed by atoms with van der Waals surface area (Å²) in [5.74, 6) is -0.0468. The summed E-state index contributed by atoms with van der Waals surface area (Å²) < 4.78 is 5.61. The number of likely N-dealkylation sites (tertiary alicyclic amines) is 1. The maximum Gasteiger partial charge on any atom is 0.257 e. The number of aryl methyl sites for hydroxylation is 1. The van der Waals surface area contributed by atoms with Gasteiger partial charge in [0, 0.05) is 37.3 Å². The fourth-order valence-corrected chi connectivity index (χ4v) is 2.42. The number of nitrogens with zero attached hydrogens (tertiary/aromatic N) is 2. The van der Waals surface area contributed by atoms with Crippen molar-refractivity contribution < 1.29 is 9.53 Å². The molecule has 2 N–H and O–H groups in total. The molecule has 2 rings (SSSR count). The van der Waals surface area contributed by atoms with Gasteiger partial charge in [0.2, 0.25) is 0 Å². The molecule has 0 aliphatic carbocycles. The largest absolute Gasteiger partial charge is 0.398 e. The van der Waals surface area contributed by atoms with E-state index >= 15 is 0 Å². The minimum absolute atomic E-state index is 0.0468. The molecule has 1 fully saturated rings. The lowest BCUT2D eigenvalue weighted by Crippen LogP contribution is -2.43. The Balaban J connectivity index is 2.10. The molecule has 1 aliphatic heterocycles. The first-order valence-electron chi connectivity index (χ1n) is 6.74. The number of anilines is 1. The van der Waals surface area contributed by atoms with Gasteiger partial charge < -0.3 is 15.4 Å². The number of carbonyl (C=O) groups is 1. The first kappa shape index (κ1) is 13.8. The highest BCUT2D eigenvalue weighted by Gasteiger charge is 2.25. The van der Waals surface area contributed by atoms with Gasteiger partial charge in [-0.25, -0.2) is 0 Å². The Morgan fingerprint density at radius 3 is 3.11 bits per heavy atom. The first-order chi connectivity index (χ1) is 9.11. The number of amides is 1. The van der Waals surface area contributed by atoms with Gasteiger partial charge in [0.1, 0.15) is 0 Å². The highest BCUT2D eigenvalue weighted by Crippen LogP contribution is 2.19. The Morgan fingerprint density at radius 1 is 1.63 bits per heavy atom. The molecule has 1 aliphatic rings. The van der Waals surface area contributed by atoms with Gasteiger partial charge in [-0.05, 0) is 32.8 Å². The summed E-state index contributed by atoms with van der Waals surface area (Å²) in [5.41, 5.74) is 7.71. The molecule has 19 heavy (non-hydrogen) atoms. The van der Waals surface area contributed by atoms with Crippen LogP contribution in [0.25, 0.3) is 0 Å². The predicted octanol–water partition coefficient (Wildman–Crippen LogP) is 1.61. The van der Waals surface area contributed by atoms with E-state index in [1.54, 1.807) is 12.3 Å². The van der Waals surface area contributed by atoms with Crippen molar-refractivity contribution in [1.82, 2.24) is 9.88 Å². The van der Waals surface area contributed by atoms with E-state index in [2.05, 4.69) is 4.98 Å². The molecule has 1 unspecified atom stereocenters. The van der Waals surface area contributed by atoms with Crippen molar-refractivity contribution in [3.05, 3.63) is 23.5 Å². The topological polar surface area (TPSA) is 68.5 Å². The van der Waals surface area contributed by atoms with Crippen LogP contribution >= 0.6 is 0 Å². The lowest BCUT2D eigenvalue weighted by atomic mass is 10.1. The van der Waals surface area contributed by atoms with Crippen molar-refractivity contribution >= 4 is 11.6 Å². The summed E-state index contributed by atoms with van der Waals surface area (Å²) in [6.45, 7) is 5.91. The quantitative estimate of drug-likeness (QED) is 0.899. The summed E-state index contributed by atoms with van der Waals surface area (Å²) >= 11 is 0. The molecule has 1 atom stereocenters. The molecular weight excluding hydrogens is 242 g/mol. The van der Waals surface area contributed by atoms with Crippen molar-refractivity contribution in [3.63, 3.8) is 0 Å². The van der Waals surface area contributed by atoms with Crippen LogP contribution in [0.15, 0.2) is 12.3 Å². The third-order valence-corrected chi connectivity index (χ3v) is 3.37. The molecule has 104 valence electrons. The molecule has 2 heterocycles. The van der Waals surface area contributed by atoms with E-state index in [4.69, 9.17) is 10.5 Å². The molecule has 1 aromatic rings. The fraction of sp³-hybridized carbons (Fsp3) is 0.571. The summed E-state index contributed by atoms with van der Waals surface area (Å²) in [7, 11) is 0. The number of hydrogen-bond acceptors (Lipinski definition) is 4. The molecule has 0 bridgehead atoms. The molecule has 1 aromatic heterocycles. The van der Waals surface area contributed by atoms with Crippen LogP contribution in [0.5, 0.6) is 0 Å². The normalized spacial score (nSPS) is 19.5. The SMILES string of the molecule is CCOC1CCCN(C(=O)c2cnc(C)cc2N)C1. The van der Waals surface area contributed by atoms with Gasteiger partial charge in [-0.3, -0.25) is 9.78 Å². The zero-order chi connectivity index (χ0) is 13.8. The molecule has 5 nitrogen and oxygen atoms in total. The van der Waals surface area contributed by atoms with E-state index < -0.39 is 0 Å². The van der Waals surface area contributed by atoms with Crippen molar-refractivity contribution in [1.29, 1.82) is 0 Å². The van der Waals surface area contributed by atoms with Gasteiger partial charge in [-0.2, -0.15) is 0 Å². The van der Waals surface area contributed by atoms with Gasteiger partial charge in [0.25, 0.3) is 5.91 Å². The minimum atomic E-state index is -0.0468. The molecule has 0 radical (unpaired) electrons. The second kappa shape index (κ2) is 6.02. The second-order valence-corrected chi connectivity index (χ2v) is 4.88. The molecule has 0 spiro atoms. The summed E-state index contributed by atoms with van der Waals surface area (Å²) in [5, 5.41) is 0. The maximum atomic E-state index is 12.4. The van der Waals surface area contributed by atoms with Gasteiger partial charge in [-0.15, -0.1) is 0 Å². The summed E-state index contributed by atoms with van der Waals surface area (Å²) in [4.78, 5) is 18.4.